The first-order valence-corrected chi connectivity index (χ1v) is 18.6. The van der Waals surface area contributed by atoms with Crippen LogP contribution in [0.15, 0.2) is 36.4 Å². The first-order chi connectivity index (χ1) is 19.2. The van der Waals surface area contributed by atoms with Crippen LogP contribution in [0.5, 0.6) is 0 Å². The van der Waals surface area contributed by atoms with E-state index in [1.807, 2.05) is 10.6 Å². The van der Waals surface area contributed by atoms with Gasteiger partial charge in [0.05, 0.1) is 0 Å². The van der Waals surface area contributed by atoms with Crippen molar-refractivity contribution in [2.75, 3.05) is 0 Å². The summed E-state index contributed by atoms with van der Waals surface area (Å²) in [5.41, 5.74) is 7.87. The maximum atomic E-state index is 2.64. The second-order valence-corrected chi connectivity index (χ2v) is 15.8. The van der Waals surface area contributed by atoms with Crippen molar-refractivity contribution in [2.45, 2.75) is 143 Å². The van der Waals surface area contributed by atoms with Gasteiger partial charge in [0.25, 0.3) is 0 Å². The maximum absolute atomic E-state index is 2.64. The van der Waals surface area contributed by atoms with E-state index in [1.54, 1.807) is 28.7 Å². The van der Waals surface area contributed by atoms with Crippen LogP contribution in [0.3, 0.4) is 0 Å². The molecule has 0 aliphatic heterocycles. The highest BCUT2D eigenvalue weighted by atomic mass is 31.1. The summed E-state index contributed by atoms with van der Waals surface area (Å²) in [5.74, 6) is 4.05. The summed E-state index contributed by atoms with van der Waals surface area (Å²) in [5, 5.41) is 3.63. The second-order valence-electron chi connectivity index (χ2n) is 13.5. The predicted octanol–water partition coefficient (Wildman–Crippen LogP) is 10.3. The van der Waals surface area contributed by atoms with Crippen molar-refractivity contribution < 1.29 is 0 Å². The van der Waals surface area contributed by atoms with Crippen molar-refractivity contribution in [2.24, 2.45) is 23.7 Å². The number of hydrogen-bond donors (Lipinski definition) is 0. The summed E-state index contributed by atoms with van der Waals surface area (Å²) in [6.45, 7) is 9.49. The Hall–Kier alpha value is -1.13. The first kappa shape index (κ1) is 29.4. The molecule has 0 heterocycles. The normalized spacial score (nSPS) is 25.6. The Labute approximate surface area is 242 Å². The SMILES string of the molecule is CCCCc1cccc(P(c2cccc(CCCC)c2CCCC)C2C3CC4CC(C3)CC2C4)c1CCCC. The summed E-state index contributed by atoms with van der Waals surface area (Å²) >= 11 is 0. The van der Waals surface area contributed by atoms with E-state index >= 15 is 0 Å². The average molecular weight is 545 g/mol. The van der Waals surface area contributed by atoms with E-state index in [0.29, 0.717) is 0 Å². The van der Waals surface area contributed by atoms with E-state index in [9.17, 15) is 0 Å². The molecule has 0 saturated heterocycles. The van der Waals surface area contributed by atoms with Crippen molar-refractivity contribution in [1.82, 2.24) is 0 Å². The third-order valence-electron chi connectivity index (χ3n) is 10.7. The van der Waals surface area contributed by atoms with Gasteiger partial charge in [-0.15, -0.1) is 0 Å². The van der Waals surface area contributed by atoms with Gasteiger partial charge in [-0.05, 0) is 154 Å². The Morgan fingerprint density at radius 3 is 1.36 bits per heavy atom. The molecule has 0 aromatic heterocycles. The van der Waals surface area contributed by atoms with Gasteiger partial charge in [-0.3, -0.25) is 0 Å². The number of benzene rings is 2. The van der Waals surface area contributed by atoms with Crippen LogP contribution < -0.4 is 10.6 Å². The number of rotatable bonds is 15. The molecule has 0 amide bonds. The van der Waals surface area contributed by atoms with E-state index in [1.165, 1.54) is 103 Å². The Balaban J connectivity index is 1.67. The highest BCUT2D eigenvalue weighted by Crippen LogP contribution is 2.63. The zero-order valence-corrected chi connectivity index (χ0v) is 26.7. The van der Waals surface area contributed by atoms with Gasteiger partial charge in [0.2, 0.25) is 0 Å². The minimum absolute atomic E-state index is 0.338. The van der Waals surface area contributed by atoms with Gasteiger partial charge < -0.3 is 0 Å². The van der Waals surface area contributed by atoms with Gasteiger partial charge in [-0.25, -0.2) is 0 Å². The number of unbranched alkanes of at least 4 members (excludes halogenated alkanes) is 4. The number of hydrogen-bond acceptors (Lipinski definition) is 0. The molecule has 0 N–H and O–H groups in total. The van der Waals surface area contributed by atoms with Gasteiger partial charge in [0.1, 0.15) is 0 Å². The highest BCUT2D eigenvalue weighted by molar-refractivity contribution is 7.73. The zero-order valence-electron chi connectivity index (χ0n) is 25.8. The fourth-order valence-electron chi connectivity index (χ4n) is 8.95. The standard InChI is InChI=1S/C38H57P/c1-5-9-15-30-17-13-21-36(34(30)19-11-7-3)39(38-32-24-28-23-29(26-32)27-33(38)25-28)37-22-14-18-31(16-10-6-2)35(37)20-12-8-4/h13-14,17-18,21-22,28-29,32-33,38H,5-12,15-16,19-20,23-27H2,1-4H3. The quantitative estimate of drug-likeness (QED) is 0.196. The molecule has 0 radical (unpaired) electrons. The van der Waals surface area contributed by atoms with Crippen molar-refractivity contribution in [3.05, 3.63) is 58.7 Å². The Morgan fingerprint density at radius 2 is 0.949 bits per heavy atom. The molecule has 2 aromatic carbocycles. The van der Waals surface area contributed by atoms with Crippen molar-refractivity contribution in [1.29, 1.82) is 0 Å². The molecule has 6 rings (SSSR count). The topological polar surface area (TPSA) is 0 Å². The molecule has 2 aromatic rings. The van der Waals surface area contributed by atoms with Gasteiger partial charge in [0.15, 0.2) is 0 Å². The molecule has 4 fully saturated rings. The fraction of sp³-hybridized carbons (Fsp3) is 0.684. The molecular weight excluding hydrogens is 487 g/mol. The highest BCUT2D eigenvalue weighted by Gasteiger charge is 2.51. The summed E-state index contributed by atoms with van der Waals surface area (Å²) in [6, 6.07) is 15.2. The lowest BCUT2D eigenvalue weighted by atomic mass is 9.56. The van der Waals surface area contributed by atoms with Crippen LogP contribution in [-0.4, -0.2) is 5.66 Å². The summed E-state index contributed by atoms with van der Waals surface area (Å²) in [6.07, 6.45) is 23.3. The summed E-state index contributed by atoms with van der Waals surface area (Å²) in [4.78, 5) is 0. The molecule has 214 valence electrons. The molecule has 39 heavy (non-hydrogen) atoms. The molecule has 4 aliphatic rings. The average Bonchev–Trinajstić information content (AvgIpc) is 2.94. The van der Waals surface area contributed by atoms with E-state index < -0.39 is 0 Å². The summed E-state index contributed by atoms with van der Waals surface area (Å²) < 4.78 is 0. The summed E-state index contributed by atoms with van der Waals surface area (Å²) in [7, 11) is -0.338. The maximum Gasteiger partial charge on any atom is -0.00715 e. The van der Waals surface area contributed by atoms with Crippen molar-refractivity contribution >= 4 is 18.5 Å². The van der Waals surface area contributed by atoms with Crippen LogP contribution in [0.4, 0.5) is 0 Å². The van der Waals surface area contributed by atoms with Crippen LogP contribution >= 0.6 is 7.92 Å². The lowest BCUT2D eigenvalue weighted by molar-refractivity contribution is 0.0254. The molecule has 4 saturated carbocycles. The van der Waals surface area contributed by atoms with Crippen molar-refractivity contribution in [3.8, 4) is 0 Å². The second kappa shape index (κ2) is 14.2. The van der Waals surface area contributed by atoms with Crippen LogP contribution in [0, 0.1) is 23.7 Å². The smallest absolute Gasteiger partial charge is 0.00715 e. The third kappa shape index (κ3) is 6.53. The fourth-order valence-corrected chi connectivity index (χ4v) is 12.8. The number of aryl methyl sites for hydroxylation is 2. The van der Waals surface area contributed by atoms with E-state index in [2.05, 4.69) is 64.1 Å². The monoisotopic (exact) mass is 544 g/mol. The molecule has 0 nitrogen and oxygen atoms in total. The molecule has 4 aliphatic carbocycles. The molecular formula is C38H57P. The molecule has 0 spiro atoms. The minimum atomic E-state index is -0.338. The van der Waals surface area contributed by atoms with Gasteiger partial charge in [-0.1, -0.05) is 89.8 Å². The first-order valence-electron chi connectivity index (χ1n) is 17.2. The zero-order chi connectivity index (χ0) is 27.2. The molecule has 4 bridgehead atoms. The molecule has 1 heteroatoms. The third-order valence-corrected chi connectivity index (χ3v) is 14.0. The van der Waals surface area contributed by atoms with Crippen LogP contribution in [0.1, 0.15) is 133 Å². The Kier molecular flexibility index (Phi) is 10.7. The Bertz CT molecular complexity index is 959. The van der Waals surface area contributed by atoms with Gasteiger partial charge in [0, 0.05) is 0 Å². The van der Waals surface area contributed by atoms with Crippen LogP contribution in [0.2, 0.25) is 0 Å². The largest absolute Gasteiger partial charge is 0.0654 e. The molecule has 0 atom stereocenters. The van der Waals surface area contributed by atoms with E-state index in [0.717, 1.165) is 29.3 Å². The van der Waals surface area contributed by atoms with E-state index in [4.69, 9.17) is 0 Å². The van der Waals surface area contributed by atoms with Gasteiger partial charge >= 0.3 is 0 Å². The Morgan fingerprint density at radius 1 is 0.538 bits per heavy atom. The lowest BCUT2D eigenvalue weighted by Crippen LogP contribution is -2.49. The predicted molar refractivity (Wildman–Crippen MR) is 174 cm³/mol. The van der Waals surface area contributed by atoms with Crippen LogP contribution in [0.25, 0.3) is 0 Å². The molecule has 0 unspecified atom stereocenters. The minimum Gasteiger partial charge on any atom is -0.0654 e. The van der Waals surface area contributed by atoms with Gasteiger partial charge in [-0.2, -0.15) is 0 Å². The van der Waals surface area contributed by atoms with Crippen LogP contribution in [-0.2, 0) is 25.7 Å². The van der Waals surface area contributed by atoms with Crippen molar-refractivity contribution in [3.63, 3.8) is 0 Å². The van der Waals surface area contributed by atoms with E-state index in [-0.39, 0.29) is 7.92 Å². The lowest BCUT2D eigenvalue weighted by Gasteiger charge is -2.57.